The number of nitrogens with zero attached hydrogens (tertiary/aromatic N) is 2. The Bertz CT molecular complexity index is 673. The molecule has 110 valence electrons. The summed E-state index contributed by atoms with van der Waals surface area (Å²) in [6, 6.07) is 5.40. The monoisotopic (exact) mass is 287 g/mol. The predicted molar refractivity (Wildman–Crippen MR) is 77.8 cm³/mol. The largest absolute Gasteiger partial charge is 0.454 e. The number of nitrogens with two attached hydrogens (primary N) is 1. The van der Waals surface area contributed by atoms with Crippen molar-refractivity contribution in [1.82, 2.24) is 9.97 Å². The molecule has 0 saturated heterocycles. The number of ether oxygens (including phenoxy) is 3. The topological polar surface area (TPSA) is 79.5 Å². The third-order valence-electron chi connectivity index (χ3n) is 3.22. The van der Waals surface area contributed by atoms with Gasteiger partial charge in [0.1, 0.15) is 17.4 Å². The van der Waals surface area contributed by atoms with E-state index in [9.17, 15) is 0 Å². The Kier molecular flexibility index (Phi) is 3.51. The molecule has 2 aromatic rings. The van der Waals surface area contributed by atoms with Gasteiger partial charge in [0.15, 0.2) is 11.5 Å². The van der Waals surface area contributed by atoms with Gasteiger partial charge in [0.05, 0.1) is 5.56 Å². The number of fused-ring (bicyclic) bond motifs is 1. The van der Waals surface area contributed by atoms with Gasteiger partial charge in [-0.1, -0.05) is 6.92 Å². The van der Waals surface area contributed by atoms with Crippen molar-refractivity contribution in [2.45, 2.75) is 26.7 Å². The maximum atomic E-state index is 5.92. The average molecular weight is 287 g/mol. The van der Waals surface area contributed by atoms with Crippen molar-refractivity contribution in [1.29, 1.82) is 0 Å². The minimum atomic E-state index is 0.235. The van der Waals surface area contributed by atoms with E-state index in [1.54, 1.807) is 6.07 Å². The third kappa shape index (κ3) is 2.69. The molecule has 0 spiro atoms. The van der Waals surface area contributed by atoms with Crippen LogP contribution in [0.2, 0.25) is 0 Å². The summed E-state index contributed by atoms with van der Waals surface area (Å²) in [6.07, 6.45) is 1.72. The zero-order valence-electron chi connectivity index (χ0n) is 12.0. The fraction of sp³-hybridized carbons (Fsp3) is 0.333. The number of rotatable bonds is 4. The molecular weight excluding hydrogens is 270 g/mol. The number of hydrogen-bond donors (Lipinski definition) is 1. The van der Waals surface area contributed by atoms with Crippen LogP contribution in [0.1, 0.15) is 24.7 Å². The Labute approximate surface area is 122 Å². The summed E-state index contributed by atoms with van der Waals surface area (Å²) >= 11 is 0. The van der Waals surface area contributed by atoms with E-state index in [1.807, 2.05) is 19.1 Å². The lowest BCUT2D eigenvalue weighted by Crippen LogP contribution is -2.05. The van der Waals surface area contributed by atoms with Gasteiger partial charge in [-0.2, -0.15) is 4.98 Å². The highest BCUT2D eigenvalue weighted by atomic mass is 16.7. The van der Waals surface area contributed by atoms with Crippen LogP contribution in [-0.2, 0) is 6.42 Å². The highest BCUT2D eigenvalue weighted by Crippen LogP contribution is 2.37. The quantitative estimate of drug-likeness (QED) is 0.931. The van der Waals surface area contributed by atoms with E-state index >= 15 is 0 Å². The maximum Gasteiger partial charge on any atom is 0.231 e. The normalized spacial score (nSPS) is 12.5. The van der Waals surface area contributed by atoms with Gasteiger partial charge in [0.25, 0.3) is 0 Å². The summed E-state index contributed by atoms with van der Waals surface area (Å²) in [5, 5.41) is 0. The molecule has 0 unspecified atom stereocenters. The number of aryl methyl sites for hydroxylation is 1. The molecule has 0 saturated carbocycles. The van der Waals surface area contributed by atoms with Crippen molar-refractivity contribution in [3.8, 4) is 23.1 Å². The van der Waals surface area contributed by atoms with E-state index in [-0.39, 0.29) is 6.79 Å². The first-order chi connectivity index (χ1) is 10.2. The van der Waals surface area contributed by atoms with Gasteiger partial charge in [0, 0.05) is 12.5 Å². The minimum Gasteiger partial charge on any atom is -0.454 e. The minimum absolute atomic E-state index is 0.235. The van der Waals surface area contributed by atoms with Crippen LogP contribution in [0.5, 0.6) is 23.1 Å². The van der Waals surface area contributed by atoms with E-state index in [4.69, 9.17) is 19.9 Å². The van der Waals surface area contributed by atoms with Crippen molar-refractivity contribution in [3.63, 3.8) is 0 Å². The summed E-state index contributed by atoms with van der Waals surface area (Å²) in [4.78, 5) is 8.69. The van der Waals surface area contributed by atoms with Crippen LogP contribution in [0.25, 0.3) is 0 Å². The standard InChI is InChI=1S/C15H17N3O3/c1-3-4-13-17-14(16)9(2)15(18-13)21-10-5-6-11-12(7-10)20-8-19-11/h5-7H,3-4,8H2,1-2H3,(H2,16,17,18). The molecule has 0 atom stereocenters. The van der Waals surface area contributed by atoms with E-state index in [2.05, 4.69) is 16.9 Å². The molecule has 0 fully saturated rings. The van der Waals surface area contributed by atoms with E-state index in [1.165, 1.54) is 0 Å². The van der Waals surface area contributed by atoms with Crippen LogP contribution >= 0.6 is 0 Å². The Morgan fingerprint density at radius 1 is 1.24 bits per heavy atom. The Hall–Kier alpha value is -2.50. The first-order valence-corrected chi connectivity index (χ1v) is 6.88. The van der Waals surface area contributed by atoms with Gasteiger partial charge >= 0.3 is 0 Å². The summed E-state index contributed by atoms with van der Waals surface area (Å²) < 4.78 is 16.4. The molecule has 6 nitrogen and oxygen atoms in total. The van der Waals surface area contributed by atoms with Gasteiger partial charge in [-0.05, 0) is 25.5 Å². The lowest BCUT2D eigenvalue weighted by Gasteiger charge is -2.11. The van der Waals surface area contributed by atoms with Crippen LogP contribution in [0, 0.1) is 6.92 Å². The number of benzene rings is 1. The first kappa shape index (κ1) is 13.5. The maximum absolute atomic E-state index is 5.92. The highest BCUT2D eigenvalue weighted by Gasteiger charge is 2.16. The van der Waals surface area contributed by atoms with Crippen molar-refractivity contribution in [2.24, 2.45) is 0 Å². The van der Waals surface area contributed by atoms with Crippen LogP contribution < -0.4 is 19.9 Å². The van der Waals surface area contributed by atoms with Gasteiger partial charge < -0.3 is 19.9 Å². The second-order valence-corrected chi connectivity index (χ2v) is 4.82. The van der Waals surface area contributed by atoms with Gasteiger partial charge in [-0.25, -0.2) is 4.98 Å². The molecule has 1 aromatic heterocycles. The molecular formula is C15H17N3O3. The van der Waals surface area contributed by atoms with Crippen molar-refractivity contribution < 1.29 is 14.2 Å². The summed E-state index contributed by atoms with van der Waals surface area (Å²) in [5.74, 6) is 3.63. The first-order valence-electron chi connectivity index (χ1n) is 6.88. The molecule has 2 heterocycles. The smallest absolute Gasteiger partial charge is 0.231 e. The van der Waals surface area contributed by atoms with Crippen molar-refractivity contribution >= 4 is 5.82 Å². The Morgan fingerprint density at radius 2 is 2.05 bits per heavy atom. The molecule has 6 heteroatoms. The third-order valence-corrected chi connectivity index (χ3v) is 3.22. The van der Waals surface area contributed by atoms with Crippen molar-refractivity contribution in [3.05, 3.63) is 29.6 Å². The Morgan fingerprint density at radius 3 is 2.86 bits per heavy atom. The summed E-state index contributed by atoms with van der Waals surface area (Å²) in [6.45, 7) is 4.14. The number of anilines is 1. The van der Waals surface area contributed by atoms with Crippen LogP contribution in [-0.4, -0.2) is 16.8 Å². The van der Waals surface area contributed by atoms with Gasteiger partial charge in [-0.15, -0.1) is 0 Å². The van der Waals surface area contributed by atoms with Gasteiger partial charge in [-0.3, -0.25) is 0 Å². The molecule has 2 N–H and O–H groups in total. The Balaban J connectivity index is 1.90. The number of aromatic nitrogens is 2. The van der Waals surface area contributed by atoms with Crippen LogP contribution in [0.3, 0.4) is 0 Å². The molecule has 21 heavy (non-hydrogen) atoms. The highest BCUT2D eigenvalue weighted by molar-refractivity contribution is 5.50. The second-order valence-electron chi connectivity index (χ2n) is 4.82. The molecule has 1 aliphatic rings. The number of hydrogen-bond acceptors (Lipinski definition) is 6. The number of nitrogen functional groups attached to an aromatic ring is 1. The van der Waals surface area contributed by atoms with Crippen LogP contribution in [0.15, 0.2) is 18.2 Å². The average Bonchev–Trinajstić information content (AvgIpc) is 2.92. The summed E-state index contributed by atoms with van der Waals surface area (Å²) in [5.41, 5.74) is 6.65. The van der Waals surface area contributed by atoms with E-state index in [0.29, 0.717) is 34.8 Å². The molecule has 3 rings (SSSR count). The molecule has 0 amide bonds. The SMILES string of the molecule is CCCc1nc(N)c(C)c(Oc2ccc3c(c2)OCO3)n1. The molecule has 0 radical (unpaired) electrons. The zero-order valence-corrected chi connectivity index (χ0v) is 12.0. The molecule has 1 aromatic carbocycles. The molecule has 0 bridgehead atoms. The van der Waals surface area contributed by atoms with E-state index in [0.717, 1.165) is 18.4 Å². The van der Waals surface area contributed by atoms with Crippen molar-refractivity contribution in [2.75, 3.05) is 12.5 Å². The molecule has 1 aliphatic heterocycles. The van der Waals surface area contributed by atoms with Gasteiger partial charge in [0.2, 0.25) is 12.7 Å². The van der Waals surface area contributed by atoms with Crippen LogP contribution in [0.4, 0.5) is 5.82 Å². The lowest BCUT2D eigenvalue weighted by atomic mass is 10.2. The zero-order chi connectivity index (χ0) is 14.8. The fourth-order valence-corrected chi connectivity index (χ4v) is 2.05. The van der Waals surface area contributed by atoms with E-state index < -0.39 is 0 Å². The lowest BCUT2D eigenvalue weighted by molar-refractivity contribution is 0.174. The predicted octanol–water partition coefficient (Wildman–Crippen LogP) is 2.84. The molecule has 0 aliphatic carbocycles. The summed E-state index contributed by atoms with van der Waals surface area (Å²) in [7, 11) is 0. The second kappa shape index (κ2) is 5.47. The fourth-order valence-electron chi connectivity index (χ4n) is 2.05.